The molecule has 0 aliphatic carbocycles. The Kier molecular flexibility index (Phi) is 4.79. The lowest BCUT2D eigenvalue weighted by Crippen LogP contribution is -2.41. The molecule has 0 aromatic heterocycles. The van der Waals surface area contributed by atoms with Crippen LogP contribution in [0, 0.1) is 16.7 Å². The number of hydrogen-bond donors (Lipinski definition) is 2. The molecule has 2 aromatic rings. The molecule has 126 valence electrons. The SMILES string of the molecule is CCc1cc(C#N)ccc1Nc1c(NC(C)C(C)(C)C)c(=O)c1=O. The Balaban J connectivity index is 2.33. The molecular formula is C19H23N3O2. The van der Waals surface area contributed by atoms with E-state index in [1.54, 1.807) is 18.2 Å². The Bertz CT molecular complexity index is 862. The van der Waals surface area contributed by atoms with Crippen LogP contribution in [0.2, 0.25) is 0 Å². The van der Waals surface area contributed by atoms with Gasteiger partial charge in [0.2, 0.25) is 0 Å². The lowest BCUT2D eigenvalue weighted by Gasteiger charge is -2.30. The fourth-order valence-corrected chi connectivity index (χ4v) is 2.29. The highest BCUT2D eigenvalue weighted by Crippen LogP contribution is 2.28. The predicted molar refractivity (Wildman–Crippen MR) is 97.7 cm³/mol. The van der Waals surface area contributed by atoms with Gasteiger partial charge in [-0.25, -0.2) is 0 Å². The Labute approximate surface area is 142 Å². The molecule has 0 radical (unpaired) electrons. The van der Waals surface area contributed by atoms with Gasteiger partial charge in [-0.05, 0) is 42.5 Å². The van der Waals surface area contributed by atoms with Crippen LogP contribution < -0.4 is 21.5 Å². The van der Waals surface area contributed by atoms with Crippen LogP contribution in [0.25, 0.3) is 0 Å². The van der Waals surface area contributed by atoms with Crippen molar-refractivity contribution in [3.05, 3.63) is 49.8 Å². The number of anilines is 3. The summed E-state index contributed by atoms with van der Waals surface area (Å²) in [5.74, 6) is 0. The zero-order valence-electron chi connectivity index (χ0n) is 14.8. The summed E-state index contributed by atoms with van der Waals surface area (Å²) < 4.78 is 0. The second-order valence-corrected chi connectivity index (χ2v) is 7.10. The average molecular weight is 325 g/mol. The number of benzene rings is 1. The van der Waals surface area contributed by atoms with Gasteiger partial charge in [-0.2, -0.15) is 5.26 Å². The van der Waals surface area contributed by atoms with Gasteiger partial charge in [0.25, 0.3) is 10.9 Å². The number of aryl methyl sites for hydroxylation is 1. The Morgan fingerprint density at radius 2 is 1.79 bits per heavy atom. The van der Waals surface area contributed by atoms with Gasteiger partial charge in [-0.1, -0.05) is 27.7 Å². The zero-order valence-corrected chi connectivity index (χ0v) is 14.8. The number of nitrogens with zero attached hydrogens (tertiary/aromatic N) is 1. The highest BCUT2D eigenvalue weighted by molar-refractivity contribution is 5.80. The smallest absolute Gasteiger partial charge is 0.253 e. The molecule has 2 N–H and O–H groups in total. The van der Waals surface area contributed by atoms with Gasteiger partial charge in [-0.3, -0.25) is 9.59 Å². The van der Waals surface area contributed by atoms with Crippen LogP contribution in [0.4, 0.5) is 17.1 Å². The van der Waals surface area contributed by atoms with Crippen LogP contribution in [0.5, 0.6) is 0 Å². The minimum atomic E-state index is -0.509. The quantitative estimate of drug-likeness (QED) is 0.824. The fourth-order valence-electron chi connectivity index (χ4n) is 2.29. The lowest BCUT2D eigenvalue weighted by atomic mass is 9.87. The molecule has 2 aromatic carbocycles. The molecule has 1 unspecified atom stereocenters. The van der Waals surface area contributed by atoms with Crippen molar-refractivity contribution in [2.45, 2.75) is 47.1 Å². The Morgan fingerprint density at radius 1 is 1.17 bits per heavy atom. The van der Waals surface area contributed by atoms with Crippen molar-refractivity contribution in [3.63, 3.8) is 0 Å². The molecular weight excluding hydrogens is 302 g/mol. The van der Waals surface area contributed by atoms with Gasteiger partial charge in [0.1, 0.15) is 11.4 Å². The molecule has 5 nitrogen and oxygen atoms in total. The monoisotopic (exact) mass is 325 g/mol. The molecule has 0 aliphatic heterocycles. The maximum absolute atomic E-state index is 12.0. The maximum Gasteiger partial charge on any atom is 0.253 e. The van der Waals surface area contributed by atoms with E-state index in [0.29, 0.717) is 23.4 Å². The predicted octanol–water partition coefficient (Wildman–Crippen LogP) is 3.31. The fraction of sp³-hybridized carbons (Fsp3) is 0.421. The van der Waals surface area contributed by atoms with Crippen LogP contribution >= 0.6 is 0 Å². The normalized spacial score (nSPS) is 12.7. The Hall–Kier alpha value is -2.61. The van der Waals surface area contributed by atoms with Crippen LogP contribution in [-0.2, 0) is 6.42 Å². The van der Waals surface area contributed by atoms with Crippen molar-refractivity contribution < 1.29 is 0 Å². The van der Waals surface area contributed by atoms with E-state index >= 15 is 0 Å². The number of nitriles is 1. The second-order valence-electron chi connectivity index (χ2n) is 7.10. The third-order valence-electron chi connectivity index (χ3n) is 4.45. The first-order chi connectivity index (χ1) is 11.2. The first kappa shape index (κ1) is 17.7. The molecule has 5 heteroatoms. The van der Waals surface area contributed by atoms with E-state index in [2.05, 4.69) is 37.5 Å². The number of rotatable bonds is 5. The third-order valence-corrected chi connectivity index (χ3v) is 4.45. The molecule has 24 heavy (non-hydrogen) atoms. The highest BCUT2D eigenvalue weighted by atomic mass is 16.2. The molecule has 0 bridgehead atoms. The minimum absolute atomic E-state index is 0.0351. The van der Waals surface area contributed by atoms with Crippen molar-refractivity contribution in [2.24, 2.45) is 5.41 Å². The molecule has 2 rings (SSSR count). The van der Waals surface area contributed by atoms with Gasteiger partial charge >= 0.3 is 0 Å². The summed E-state index contributed by atoms with van der Waals surface area (Å²) in [7, 11) is 0. The van der Waals surface area contributed by atoms with Crippen LogP contribution in [0.3, 0.4) is 0 Å². The summed E-state index contributed by atoms with van der Waals surface area (Å²) in [5, 5.41) is 15.2. The zero-order chi connectivity index (χ0) is 18.1. The minimum Gasteiger partial charge on any atom is -0.377 e. The Morgan fingerprint density at radius 3 is 2.33 bits per heavy atom. The lowest BCUT2D eigenvalue weighted by molar-refractivity contribution is 0.359. The first-order valence-electron chi connectivity index (χ1n) is 8.09. The summed E-state index contributed by atoms with van der Waals surface area (Å²) in [6.07, 6.45) is 0.717. The summed E-state index contributed by atoms with van der Waals surface area (Å²) in [4.78, 5) is 23.9. The molecule has 1 atom stereocenters. The molecule has 0 saturated carbocycles. The molecule has 0 fully saturated rings. The molecule has 0 aliphatic rings. The van der Waals surface area contributed by atoms with Gasteiger partial charge < -0.3 is 10.6 Å². The van der Waals surface area contributed by atoms with E-state index in [1.807, 2.05) is 13.8 Å². The topological polar surface area (TPSA) is 82.0 Å². The van der Waals surface area contributed by atoms with Gasteiger partial charge in [0, 0.05) is 11.7 Å². The van der Waals surface area contributed by atoms with Crippen molar-refractivity contribution in [1.82, 2.24) is 0 Å². The van der Waals surface area contributed by atoms with E-state index < -0.39 is 10.9 Å². The molecule has 0 amide bonds. The van der Waals surface area contributed by atoms with Gasteiger partial charge in [0.05, 0.1) is 11.6 Å². The van der Waals surface area contributed by atoms with Crippen molar-refractivity contribution in [3.8, 4) is 6.07 Å². The highest BCUT2D eigenvalue weighted by Gasteiger charge is 2.27. The summed E-state index contributed by atoms with van der Waals surface area (Å²) in [5.41, 5.74) is 1.85. The third kappa shape index (κ3) is 3.33. The average Bonchev–Trinajstić information content (AvgIpc) is 2.56. The summed E-state index contributed by atoms with van der Waals surface area (Å²) in [6.45, 7) is 10.2. The second kappa shape index (κ2) is 6.48. The molecule has 0 heterocycles. The van der Waals surface area contributed by atoms with E-state index in [1.165, 1.54) is 0 Å². The van der Waals surface area contributed by atoms with Crippen LogP contribution in [0.15, 0.2) is 27.8 Å². The largest absolute Gasteiger partial charge is 0.377 e. The maximum atomic E-state index is 12.0. The van der Waals surface area contributed by atoms with Crippen LogP contribution in [0.1, 0.15) is 45.7 Å². The molecule has 0 saturated heterocycles. The van der Waals surface area contributed by atoms with Gasteiger partial charge in [0.15, 0.2) is 0 Å². The van der Waals surface area contributed by atoms with Crippen LogP contribution in [-0.4, -0.2) is 6.04 Å². The number of hydrogen-bond acceptors (Lipinski definition) is 5. The summed E-state index contributed by atoms with van der Waals surface area (Å²) >= 11 is 0. The van der Waals surface area contributed by atoms with Crippen molar-refractivity contribution >= 4 is 17.1 Å². The molecule has 0 spiro atoms. The standard InChI is InChI=1S/C19H23N3O2/c1-6-13-9-12(10-20)7-8-14(13)22-16-15(17(23)18(16)24)21-11(2)19(3,4)5/h7-9,11,21-22H,6H2,1-5H3. The van der Waals surface area contributed by atoms with E-state index in [4.69, 9.17) is 5.26 Å². The van der Waals surface area contributed by atoms with Crippen molar-refractivity contribution in [2.75, 3.05) is 10.6 Å². The summed E-state index contributed by atoms with van der Waals surface area (Å²) in [6, 6.07) is 7.39. The van der Waals surface area contributed by atoms with Gasteiger partial charge in [-0.15, -0.1) is 0 Å². The van der Waals surface area contributed by atoms with Crippen molar-refractivity contribution in [1.29, 1.82) is 5.26 Å². The van der Waals surface area contributed by atoms with E-state index in [0.717, 1.165) is 11.3 Å². The first-order valence-corrected chi connectivity index (χ1v) is 8.09. The van der Waals surface area contributed by atoms with E-state index in [-0.39, 0.29) is 11.5 Å². The van der Waals surface area contributed by atoms with E-state index in [9.17, 15) is 9.59 Å². The number of nitrogens with one attached hydrogen (secondary N) is 2.